The summed E-state index contributed by atoms with van der Waals surface area (Å²) >= 11 is 3.12. The zero-order valence-electron chi connectivity index (χ0n) is 8.13. The Bertz CT molecular complexity index is 293. The van der Waals surface area contributed by atoms with Gasteiger partial charge in [0, 0.05) is 6.54 Å². The largest absolute Gasteiger partial charge is 0.492 e. The van der Waals surface area contributed by atoms with Crippen LogP contribution < -0.4 is 5.32 Å². The van der Waals surface area contributed by atoms with Gasteiger partial charge in [0.2, 0.25) is 11.8 Å². The number of halogens is 1. The lowest BCUT2D eigenvalue weighted by molar-refractivity contribution is 0.449. The maximum atomic E-state index is 9.26. The van der Waals surface area contributed by atoms with Crippen LogP contribution in [0, 0.1) is 0 Å². The SMILES string of the molecule is CCCCCNc1ncc(Br)c(O)n1. The Hall–Kier alpha value is -0.840. The van der Waals surface area contributed by atoms with Gasteiger partial charge in [-0.05, 0) is 22.4 Å². The van der Waals surface area contributed by atoms with Crippen molar-refractivity contribution in [3.8, 4) is 5.88 Å². The summed E-state index contributed by atoms with van der Waals surface area (Å²) in [5.41, 5.74) is 0. The highest BCUT2D eigenvalue weighted by atomic mass is 79.9. The molecule has 2 N–H and O–H groups in total. The van der Waals surface area contributed by atoms with Crippen LogP contribution in [0.25, 0.3) is 0 Å². The quantitative estimate of drug-likeness (QED) is 0.799. The highest BCUT2D eigenvalue weighted by Crippen LogP contribution is 2.20. The number of rotatable bonds is 5. The smallest absolute Gasteiger partial charge is 0.230 e. The molecule has 0 aromatic carbocycles. The monoisotopic (exact) mass is 259 g/mol. The normalized spacial score (nSPS) is 10.1. The fourth-order valence-electron chi connectivity index (χ4n) is 1.02. The lowest BCUT2D eigenvalue weighted by atomic mass is 10.2. The molecule has 1 rings (SSSR count). The number of nitrogens with one attached hydrogen (secondary N) is 1. The minimum Gasteiger partial charge on any atom is -0.492 e. The number of hydrogen-bond donors (Lipinski definition) is 2. The maximum Gasteiger partial charge on any atom is 0.230 e. The van der Waals surface area contributed by atoms with Crippen molar-refractivity contribution in [3.63, 3.8) is 0 Å². The van der Waals surface area contributed by atoms with Gasteiger partial charge in [-0.25, -0.2) is 4.98 Å². The van der Waals surface area contributed by atoms with Crippen LogP contribution in [0.2, 0.25) is 0 Å². The van der Waals surface area contributed by atoms with Crippen LogP contribution in [-0.4, -0.2) is 21.6 Å². The molecule has 0 unspecified atom stereocenters. The first-order valence-corrected chi connectivity index (χ1v) is 5.48. The molecule has 0 amide bonds. The Morgan fingerprint density at radius 1 is 1.50 bits per heavy atom. The topological polar surface area (TPSA) is 58.0 Å². The van der Waals surface area contributed by atoms with Crippen LogP contribution in [0.3, 0.4) is 0 Å². The van der Waals surface area contributed by atoms with Crippen LogP contribution in [-0.2, 0) is 0 Å². The van der Waals surface area contributed by atoms with Crippen LogP contribution >= 0.6 is 15.9 Å². The Morgan fingerprint density at radius 2 is 2.29 bits per heavy atom. The molecule has 1 aromatic rings. The van der Waals surface area contributed by atoms with Crippen molar-refractivity contribution in [1.82, 2.24) is 9.97 Å². The van der Waals surface area contributed by atoms with Crippen LogP contribution in [0.4, 0.5) is 5.95 Å². The first-order chi connectivity index (χ1) is 6.74. The molecule has 0 saturated carbocycles. The highest BCUT2D eigenvalue weighted by Gasteiger charge is 2.01. The lowest BCUT2D eigenvalue weighted by Crippen LogP contribution is -2.04. The van der Waals surface area contributed by atoms with Gasteiger partial charge >= 0.3 is 0 Å². The highest BCUT2D eigenvalue weighted by molar-refractivity contribution is 9.10. The Kier molecular flexibility index (Phi) is 4.65. The third-order valence-electron chi connectivity index (χ3n) is 1.79. The van der Waals surface area contributed by atoms with E-state index < -0.39 is 0 Å². The molecule has 0 radical (unpaired) electrons. The molecular weight excluding hydrogens is 246 g/mol. The molecule has 0 aliphatic rings. The van der Waals surface area contributed by atoms with E-state index in [0.29, 0.717) is 10.4 Å². The van der Waals surface area contributed by atoms with Crippen molar-refractivity contribution in [3.05, 3.63) is 10.7 Å². The molecular formula is C9H14BrN3O. The zero-order valence-corrected chi connectivity index (χ0v) is 9.71. The molecule has 0 fully saturated rings. The molecule has 0 atom stereocenters. The fourth-order valence-corrected chi connectivity index (χ4v) is 1.21. The number of anilines is 1. The standard InChI is InChI=1S/C9H14BrN3O/c1-2-3-4-5-11-9-12-6-7(10)8(14)13-9/h6H,2-5H2,1H3,(H2,11,12,13,14). The van der Waals surface area contributed by atoms with Crippen LogP contribution in [0.15, 0.2) is 10.7 Å². The molecule has 0 bridgehead atoms. The average molecular weight is 260 g/mol. The minimum absolute atomic E-state index is 0.0296. The first-order valence-electron chi connectivity index (χ1n) is 4.69. The van der Waals surface area contributed by atoms with Crippen LogP contribution in [0.5, 0.6) is 5.88 Å². The molecule has 5 heteroatoms. The van der Waals surface area contributed by atoms with Gasteiger partial charge in [0.1, 0.15) is 0 Å². The molecule has 1 aromatic heterocycles. The third-order valence-corrected chi connectivity index (χ3v) is 2.35. The number of hydrogen-bond acceptors (Lipinski definition) is 4. The van der Waals surface area contributed by atoms with Crippen molar-refractivity contribution in [1.29, 1.82) is 0 Å². The third kappa shape index (κ3) is 3.49. The molecule has 1 heterocycles. The summed E-state index contributed by atoms with van der Waals surface area (Å²) in [7, 11) is 0. The number of unbranched alkanes of at least 4 members (excludes halogenated alkanes) is 2. The second-order valence-corrected chi connectivity index (χ2v) is 3.85. The van der Waals surface area contributed by atoms with Gasteiger partial charge in [0.05, 0.1) is 10.7 Å². The van der Waals surface area contributed by atoms with Gasteiger partial charge in [-0.3, -0.25) is 0 Å². The predicted molar refractivity (Wildman–Crippen MR) is 59.4 cm³/mol. The van der Waals surface area contributed by atoms with Crippen molar-refractivity contribution in [2.24, 2.45) is 0 Å². The summed E-state index contributed by atoms with van der Waals surface area (Å²) in [5, 5.41) is 12.3. The van der Waals surface area contributed by atoms with E-state index in [2.05, 4.69) is 38.1 Å². The molecule has 0 saturated heterocycles. The molecule has 78 valence electrons. The van der Waals surface area contributed by atoms with Crippen molar-refractivity contribution >= 4 is 21.9 Å². The summed E-state index contributed by atoms with van der Waals surface area (Å²) in [6.45, 7) is 3.00. The molecule has 14 heavy (non-hydrogen) atoms. The number of aromatic nitrogens is 2. The van der Waals surface area contributed by atoms with E-state index in [1.807, 2.05) is 0 Å². The molecule has 0 aliphatic carbocycles. The summed E-state index contributed by atoms with van der Waals surface area (Å²) < 4.78 is 0.511. The zero-order chi connectivity index (χ0) is 10.4. The second kappa shape index (κ2) is 5.80. The summed E-state index contributed by atoms with van der Waals surface area (Å²) in [6.07, 6.45) is 5.00. The molecule has 4 nitrogen and oxygen atoms in total. The van der Waals surface area contributed by atoms with E-state index >= 15 is 0 Å². The van der Waals surface area contributed by atoms with E-state index in [1.165, 1.54) is 19.0 Å². The van der Waals surface area contributed by atoms with Gasteiger partial charge in [0.15, 0.2) is 0 Å². The van der Waals surface area contributed by atoms with Gasteiger partial charge in [-0.15, -0.1) is 0 Å². The van der Waals surface area contributed by atoms with Gasteiger partial charge in [-0.2, -0.15) is 4.98 Å². The van der Waals surface area contributed by atoms with E-state index in [4.69, 9.17) is 0 Å². The fraction of sp³-hybridized carbons (Fsp3) is 0.556. The Labute approximate surface area is 91.9 Å². The van der Waals surface area contributed by atoms with E-state index in [-0.39, 0.29) is 5.88 Å². The van der Waals surface area contributed by atoms with Crippen molar-refractivity contribution in [2.75, 3.05) is 11.9 Å². The Balaban J connectivity index is 2.39. The van der Waals surface area contributed by atoms with E-state index in [0.717, 1.165) is 13.0 Å². The van der Waals surface area contributed by atoms with Crippen molar-refractivity contribution < 1.29 is 5.11 Å². The predicted octanol–water partition coefficient (Wildman–Crippen LogP) is 2.55. The maximum absolute atomic E-state index is 9.26. The number of aromatic hydroxyl groups is 1. The van der Waals surface area contributed by atoms with E-state index in [1.54, 1.807) is 0 Å². The first kappa shape index (κ1) is 11.2. The van der Waals surface area contributed by atoms with Gasteiger partial charge < -0.3 is 10.4 Å². The minimum atomic E-state index is -0.0296. The van der Waals surface area contributed by atoms with Crippen molar-refractivity contribution in [2.45, 2.75) is 26.2 Å². The van der Waals surface area contributed by atoms with Gasteiger partial charge in [0.25, 0.3) is 0 Å². The summed E-state index contributed by atoms with van der Waals surface area (Å²) in [6, 6.07) is 0. The molecule has 0 aliphatic heterocycles. The Morgan fingerprint density at radius 3 is 2.93 bits per heavy atom. The van der Waals surface area contributed by atoms with E-state index in [9.17, 15) is 5.11 Å². The second-order valence-electron chi connectivity index (χ2n) is 3.00. The summed E-state index contributed by atoms with van der Waals surface area (Å²) in [4.78, 5) is 7.86. The lowest BCUT2D eigenvalue weighted by Gasteiger charge is -2.04. The molecule has 0 spiro atoms. The number of nitrogens with zero attached hydrogens (tertiary/aromatic N) is 2. The average Bonchev–Trinajstić information content (AvgIpc) is 2.18. The van der Waals surface area contributed by atoms with Gasteiger partial charge in [-0.1, -0.05) is 19.8 Å². The summed E-state index contributed by atoms with van der Waals surface area (Å²) in [5.74, 6) is 0.444. The van der Waals surface area contributed by atoms with Crippen LogP contribution in [0.1, 0.15) is 26.2 Å².